The first kappa shape index (κ1) is 37.4. The molecule has 5 atom stereocenters. The molecule has 48 heavy (non-hydrogen) atoms. The van der Waals surface area contributed by atoms with Crippen LogP contribution in [0.25, 0.3) is 0 Å². The van der Waals surface area contributed by atoms with Crippen molar-refractivity contribution in [3.8, 4) is 11.5 Å². The molecule has 0 saturated carbocycles. The van der Waals surface area contributed by atoms with E-state index in [1.165, 1.54) is 55.5 Å². The number of phenolic OH excluding ortho intramolecular Hbond substituents is 2. The highest BCUT2D eigenvalue weighted by molar-refractivity contribution is 7.98. The summed E-state index contributed by atoms with van der Waals surface area (Å²) in [5.41, 5.74) is 7.39. The van der Waals surface area contributed by atoms with E-state index >= 15 is 0 Å². The maximum absolute atomic E-state index is 13.8. The number of carbonyl (C=O) groups excluding carboxylic acids is 4. The van der Waals surface area contributed by atoms with E-state index in [1.807, 2.05) is 6.26 Å². The summed E-state index contributed by atoms with van der Waals surface area (Å²) in [5, 5.41) is 39.6. The van der Waals surface area contributed by atoms with Crippen molar-refractivity contribution in [2.24, 2.45) is 5.73 Å². The summed E-state index contributed by atoms with van der Waals surface area (Å²) in [6.07, 6.45) is 4.67. The van der Waals surface area contributed by atoms with Crippen LogP contribution in [0.1, 0.15) is 30.2 Å². The number of phenols is 2. The van der Waals surface area contributed by atoms with Gasteiger partial charge in [0.1, 0.15) is 35.7 Å². The molecular weight excluding hydrogens is 642 g/mol. The van der Waals surface area contributed by atoms with E-state index in [-0.39, 0.29) is 37.2 Å². The van der Waals surface area contributed by atoms with E-state index in [1.54, 1.807) is 24.3 Å². The predicted octanol–water partition coefficient (Wildman–Crippen LogP) is -0.0271. The number of carboxylic acids is 1. The minimum atomic E-state index is -1.31. The van der Waals surface area contributed by atoms with Crippen molar-refractivity contribution in [2.75, 3.05) is 12.0 Å². The van der Waals surface area contributed by atoms with Gasteiger partial charge in [0.15, 0.2) is 0 Å². The van der Waals surface area contributed by atoms with Crippen LogP contribution in [0.15, 0.2) is 61.1 Å². The maximum Gasteiger partial charge on any atom is 0.326 e. The van der Waals surface area contributed by atoms with Gasteiger partial charge in [0.25, 0.3) is 0 Å². The highest BCUT2D eigenvalue weighted by Crippen LogP contribution is 2.14. The van der Waals surface area contributed by atoms with Crippen LogP contribution in [0.5, 0.6) is 11.5 Å². The van der Waals surface area contributed by atoms with E-state index < -0.39 is 59.8 Å². The summed E-state index contributed by atoms with van der Waals surface area (Å²) < 4.78 is 0. The molecule has 0 fully saturated rings. The van der Waals surface area contributed by atoms with Crippen LogP contribution in [0, 0.1) is 0 Å². The molecule has 1 aromatic heterocycles. The number of thioether (sulfide) groups is 1. The van der Waals surface area contributed by atoms with Crippen LogP contribution in [-0.4, -0.2) is 97.1 Å². The van der Waals surface area contributed by atoms with Gasteiger partial charge in [0, 0.05) is 31.2 Å². The predicted molar refractivity (Wildman–Crippen MR) is 178 cm³/mol. The Morgan fingerprint density at radius 2 is 1.21 bits per heavy atom. The summed E-state index contributed by atoms with van der Waals surface area (Å²) in [5.74, 6) is -3.61. The van der Waals surface area contributed by atoms with E-state index in [2.05, 4.69) is 31.2 Å². The van der Waals surface area contributed by atoms with Crippen molar-refractivity contribution in [3.05, 3.63) is 77.9 Å². The Bertz CT molecular complexity index is 1520. The van der Waals surface area contributed by atoms with Gasteiger partial charge in [-0.25, -0.2) is 9.78 Å². The number of aromatic nitrogens is 2. The molecule has 10 N–H and O–H groups in total. The average molecular weight is 684 g/mol. The SMILES string of the molecule is CSCC[C@H](NC(=O)[C@H](Cc1ccc(O)cc1)NC(=O)[C@H](Cc1ccc(O)cc1)NC(=O)[C@H](C)N)C(=O)N[C@@H](Cc1cnc[nH]1)C(=O)O. The molecule has 16 heteroatoms. The molecule has 3 aromatic rings. The molecule has 0 saturated heterocycles. The number of aliphatic carboxylic acids is 1. The molecule has 2 aromatic carbocycles. The Labute approximate surface area is 281 Å². The van der Waals surface area contributed by atoms with Gasteiger partial charge in [-0.2, -0.15) is 11.8 Å². The molecule has 1 heterocycles. The lowest BCUT2D eigenvalue weighted by molar-refractivity contribution is -0.142. The Balaban J connectivity index is 1.86. The number of rotatable bonds is 18. The smallest absolute Gasteiger partial charge is 0.326 e. The van der Waals surface area contributed by atoms with E-state index in [0.29, 0.717) is 22.6 Å². The molecule has 0 radical (unpaired) electrons. The van der Waals surface area contributed by atoms with Crippen LogP contribution in [0.2, 0.25) is 0 Å². The number of aromatic hydroxyl groups is 2. The second-order valence-electron chi connectivity index (χ2n) is 11.2. The number of nitrogens with zero attached hydrogens (tertiary/aromatic N) is 1. The number of aromatic amines is 1. The number of benzene rings is 2. The molecule has 3 rings (SSSR count). The van der Waals surface area contributed by atoms with Crippen LogP contribution in [-0.2, 0) is 43.2 Å². The van der Waals surface area contributed by atoms with Gasteiger partial charge in [-0.15, -0.1) is 0 Å². The van der Waals surface area contributed by atoms with Crippen molar-refractivity contribution in [3.63, 3.8) is 0 Å². The minimum absolute atomic E-state index is 0.00375. The number of H-pyrrole nitrogens is 1. The van der Waals surface area contributed by atoms with Gasteiger partial charge in [0.2, 0.25) is 23.6 Å². The quantitative estimate of drug-likeness (QED) is 0.0861. The maximum atomic E-state index is 13.8. The fourth-order valence-electron chi connectivity index (χ4n) is 4.59. The third-order valence-electron chi connectivity index (χ3n) is 7.27. The fourth-order valence-corrected chi connectivity index (χ4v) is 5.07. The Hall–Kier alpha value is -5.09. The molecule has 15 nitrogen and oxygen atoms in total. The number of nitrogens with one attached hydrogen (secondary N) is 5. The fraction of sp³-hybridized carbons (Fsp3) is 0.375. The average Bonchev–Trinajstić information content (AvgIpc) is 3.57. The number of amides is 4. The van der Waals surface area contributed by atoms with Crippen LogP contribution in [0.4, 0.5) is 0 Å². The zero-order chi connectivity index (χ0) is 35.2. The van der Waals surface area contributed by atoms with Crippen molar-refractivity contribution in [2.45, 2.75) is 62.8 Å². The third kappa shape index (κ3) is 11.9. The van der Waals surface area contributed by atoms with E-state index in [0.717, 1.165) is 0 Å². The molecule has 258 valence electrons. The zero-order valence-electron chi connectivity index (χ0n) is 26.5. The van der Waals surface area contributed by atoms with Crippen molar-refractivity contribution in [1.82, 2.24) is 31.2 Å². The van der Waals surface area contributed by atoms with E-state index in [9.17, 15) is 39.3 Å². The zero-order valence-corrected chi connectivity index (χ0v) is 27.3. The van der Waals surface area contributed by atoms with Crippen LogP contribution < -0.4 is 27.0 Å². The number of nitrogens with two attached hydrogens (primary N) is 1. The van der Waals surface area contributed by atoms with Crippen molar-refractivity contribution in [1.29, 1.82) is 0 Å². The van der Waals surface area contributed by atoms with Gasteiger partial charge < -0.3 is 47.3 Å². The number of hydrogen-bond acceptors (Lipinski definition) is 10. The summed E-state index contributed by atoms with van der Waals surface area (Å²) in [6.45, 7) is 1.45. The monoisotopic (exact) mass is 683 g/mol. The van der Waals surface area contributed by atoms with Crippen molar-refractivity contribution < 1.29 is 39.3 Å². The van der Waals surface area contributed by atoms with Gasteiger partial charge in [-0.05, 0) is 60.7 Å². The Morgan fingerprint density at radius 1 is 0.750 bits per heavy atom. The molecular formula is C32H41N7O8S. The molecule has 0 aliphatic carbocycles. The number of hydrogen-bond donors (Lipinski definition) is 9. The van der Waals surface area contributed by atoms with Gasteiger partial charge >= 0.3 is 5.97 Å². The summed E-state index contributed by atoms with van der Waals surface area (Å²) in [7, 11) is 0. The molecule has 0 unspecified atom stereocenters. The second-order valence-corrected chi connectivity index (χ2v) is 12.2. The normalized spacial score (nSPS) is 14.1. The minimum Gasteiger partial charge on any atom is -0.508 e. The first-order valence-electron chi connectivity index (χ1n) is 15.1. The summed E-state index contributed by atoms with van der Waals surface area (Å²) in [4.78, 5) is 72.1. The second kappa shape index (κ2) is 18.3. The van der Waals surface area contributed by atoms with Crippen LogP contribution >= 0.6 is 11.8 Å². The first-order chi connectivity index (χ1) is 22.9. The third-order valence-corrected chi connectivity index (χ3v) is 7.91. The van der Waals surface area contributed by atoms with E-state index in [4.69, 9.17) is 5.73 Å². The summed E-state index contributed by atoms with van der Waals surface area (Å²) in [6, 6.07) is 6.17. The Kier molecular flexibility index (Phi) is 14.2. The Morgan fingerprint density at radius 3 is 1.65 bits per heavy atom. The molecule has 4 amide bonds. The topological polar surface area (TPSA) is 249 Å². The van der Waals surface area contributed by atoms with Crippen LogP contribution in [0.3, 0.4) is 0 Å². The van der Waals surface area contributed by atoms with Gasteiger partial charge in [0.05, 0.1) is 12.4 Å². The largest absolute Gasteiger partial charge is 0.508 e. The van der Waals surface area contributed by atoms with Gasteiger partial charge in [-0.3, -0.25) is 19.2 Å². The highest BCUT2D eigenvalue weighted by Gasteiger charge is 2.32. The lowest BCUT2D eigenvalue weighted by Gasteiger charge is -2.26. The standard InChI is InChI=1S/C32H41N7O8S/c1-18(33)28(42)37-25(13-19-3-7-22(40)8-4-19)31(45)38-26(14-20-5-9-23(41)10-6-20)30(44)36-24(11-12-48-2)29(43)39-27(32(46)47)15-21-16-34-17-35-21/h3-10,16-18,24-27,40-41H,11-15,33H2,1-2H3,(H,34,35)(H,36,44)(H,37,42)(H,38,45)(H,39,43)(H,46,47)/t18-,24-,25-,26-,27-/m0/s1. The number of carboxylic acid groups (broad SMARTS) is 1. The summed E-state index contributed by atoms with van der Waals surface area (Å²) >= 11 is 1.42. The van der Waals surface area contributed by atoms with Crippen molar-refractivity contribution >= 4 is 41.4 Å². The highest BCUT2D eigenvalue weighted by atomic mass is 32.2. The molecule has 0 aliphatic rings. The van der Waals surface area contributed by atoms with Gasteiger partial charge in [-0.1, -0.05) is 24.3 Å². The first-order valence-corrected chi connectivity index (χ1v) is 16.5. The lowest BCUT2D eigenvalue weighted by atomic mass is 10.0. The number of imidazole rings is 1. The lowest BCUT2D eigenvalue weighted by Crippen LogP contribution is -2.59. The number of carbonyl (C=O) groups is 5. The molecule has 0 aliphatic heterocycles. The molecule has 0 spiro atoms. The molecule has 0 bridgehead atoms.